The number of fused-ring (bicyclic) bond motifs is 1. The maximum Gasteiger partial charge on any atom is 0.349 e. The van der Waals surface area contributed by atoms with Gasteiger partial charge in [-0.15, -0.1) is 0 Å². The summed E-state index contributed by atoms with van der Waals surface area (Å²) in [7, 11) is 0. The van der Waals surface area contributed by atoms with Crippen molar-refractivity contribution < 1.29 is 23.9 Å². The van der Waals surface area contributed by atoms with Gasteiger partial charge in [-0.3, -0.25) is 10.1 Å². The molecule has 1 heterocycles. The molecule has 4 rings (SSSR count). The van der Waals surface area contributed by atoms with E-state index in [9.17, 15) is 14.4 Å². The van der Waals surface area contributed by atoms with E-state index in [4.69, 9.17) is 9.47 Å². The largest absolute Gasteiger partial charge is 0.482 e. The number of imide groups is 1. The highest BCUT2D eigenvalue weighted by molar-refractivity contribution is 6.06. The monoisotopic (exact) mass is 408 g/mol. The van der Waals surface area contributed by atoms with E-state index < -0.39 is 17.5 Å². The Morgan fingerprint density at radius 3 is 2.50 bits per heavy atom. The van der Waals surface area contributed by atoms with E-state index in [1.54, 1.807) is 19.1 Å². The van der Waals surface area contributed by atoms with Crippen molar-refractivity contribution in [2.45, 2.75) is 44.6 Å². The van der Waals surface area contributed by atoms with Gasteiger partial charge in [-0.2, -0.15) is 0 Å². The van der Waals surface area contributed by atoms with Crippen molar-refractivity contribution in [1.29, 1.82) is 0 Å². The second-order valence-corrected chi connectivity index (χ2v) is 7.93. The van der Waals surface area contributed by atoms with Gasteiger partial charge in [-0.25, -0.2) is 9.59 Å². The molecule has 0 spiro atoms. The third kappa shape index (κ3) is 4.45. The van der Waals surface area contributed by atoms with E-state index in [2.05, 4.69) is 16.7 Å². The molecule has 1 fully saturated rings. The molecule has 1 atom stereocenters. The third-order valence-corrected chi connectivity index (χ3v) is 5.61. The molecule has 156 valence electrons. The van der Waals surface area contributed by atoms with Crippen molar-refractivity contribution in [3.8, 4) is 11.5 Å². The maximum absolute atomic E-state index is 12.1. The van der Waals surface area contributed by atoms with Crippen molar-refractivity contribution >= 4 is 17.9 Å². The molecule has 2 aliphatic rings. The number of amides is 3. The van der Waals surface area contributed by atoms with Gasteiger partial charge in [0.25, 0.3) is 5.91 Å². The molecule has 1 aliphatic heterocycles. The molecule has 1 saturated heterocycles. The standard InChI is InChI=1S/C23H24N2O5/c1-23(21(27)24-22(28)25-23)12-11-15-5-8-18(9-6-15)30-20(26)14-29-19-10-7-16-3-2-4-17(16)13-19/h5-10,13H,2-4,11-12,14H2,1H3,(H2,24,25,27,28)/t23-/m0/s1. The van der Waals surface area contributed by atoms with Crippen LogP contribution in [0.2, 0.25) is 0 Å². The minimum atomic E-state index is -0.906. The first kappa shape index (κ1) is 19.9. The minimum absolute atomic E-state index is 0.159. The summed E-state index contributed by atoms with van der Waals surface area (Å²) in [5.41, 5.74) is 2.71. The number of carbonyl (C=O) groups is 3. The molecule has 0 aromatic heterocycles. The number of benzene rings is 2. The van der Waals surface area contributed by atoms with Crippen molar-refractivity contribution in [3.05, 3.63) is 59.2 Å². The fraction of sp³-hybridized carbons (Fsp3) is 0.348. The number of carbonyl (C=O) groups excluding carboxylic acids is 3. The average Bonchev–Trinajstić information content (AvgIpc) is 3.29. The Bertz CT molecular complexity index is 986. The Kier molecular flexibility index (Phi) is 5.44. The summed E-state index contributed by atoms with van der Waals surface area (Å²) >= 11 is 0. The maximum atomic E-state index is 12.1. The number of aryl methyl sites for hydroxylation is 3. The van der Waals surface area contributed by atoms with E-state index in [-0.39, 0.29) is 12.5 Å². The van der Waals surface area contributed by atoms with Crippen molar-refractivity contribution in [1.82, 2.24) is 10.6 Å². The van der Waals surface area contributed by atoms with Crippen LogP contribution in [0.15, 0.2) is 42.5 Å². The molecule has 2 N–H and O–H groups in total. The van der Waals surface area contributed by atoms with E-state index in [0.29, 0.717) is 24.3 Å². The summed E-state index contributed by atoms with van der Waals surface area (Å²) in [4.78, 5) is 35.3. The number of urea groups is 1. The van der Waals surface area contributed by atoms with Crippen LogP contribution in [0.3, 0.4) is 0 Å². The van der Waals surface area contributed by atoms with Crippen LogP contribution in [0, 0.1) is 0 Å². The molecule has 2 aromatic rings. The highest BCUT2D eigenvalue weighted by atomic mass is 16.6. The van der Waals surface area contributed by atoms with Gasteiger partial charge >= 0.3 is 12.0 Å². The molecule has 3 amide bonds. The van der Waals surface area contributed by atoms with Gasteiger partial charge in [0.1, 0.15) is 17.0 Å². The fourth-order valence-corrected chi connectivity index (χ4v) is 3.82. The van der Waals surface area contributed by atoms with Crippen LogP contribution in [0.1, 0.15) is 36.5 Å². The third-order valence-electron chi connectivity index (χ3n) is 5.61. The molecule has 7 nitrogen and oxygen atoms in total. The van der Waals surface area contributed by atoms with Gasteiger partial charge < -0.3 is 14.8 Å². The van der Waals surface area contributed by atoms with Crippen LogP contribution in [-0.2, 0) is 28.9 Å². The van der Waals surface area contributed by atoms with Crippen molar-refractivity contribution in [2.24, 2.45) is 0 Å². The lowest BCUT2D eigenvalue weighted by atomic mass is 9.93. The van der Waals surface area contributed by atoms with Gasteiger partial charge in [-0.05, 0) is 80.0 Å². The smallest absolute Gasteiger partial charge is 0.349 e. The van der Waals surface area contributed by atoms with Crippen LogP contribution in [-0.4, -0.2) is 30.1 Å². The molecular weight excluding hydrogens is 384 g/mol. The zero-order valence-corrected chi connectivity index (χ0v) is 16.8. The summed E-state index contributed by atoms with van der Waals surface area (Å²) in [6.45, 7) is 1.54. The van der Waals surface area contributed by atoms with Gasteiger partial charge in [0.05, 0.1) is 0 Å². The first-order chi connectivity index (χ1) is 14.4. The average molecular weight is 408 g/mol. The molecule has 7 heteroatoms. The Labute approximate surface area is 174 Å². The highest BCUT2D eigenvalue weighted by Crippen LogP contribution is 2.26. The SMILES string of the molecule is C[C@@]1(CCc2ccc(OC(=O)COc3ccc4c(c3)CCC4)cc2)NC(=O)NC1=O. The van der Waals surface area contributed by atoms with E-state index >= 15 is 0 Å². The van der Waals surface area contributed by atoms with Gasteiger partial charge in [0.15, 0.2) is 6.61 Å². The van der Waals surface area contributed by atoms with Crippen LogP contribution in [0.25, 0.3) is 0 Å². The topological polar surface area (TPSA) is 93.7 Å². The molecular formula is C23H24N2O5. The second-order valence-electron chi connectivity index (χ2n) is 7.93. The molecule has 30 heavy (non-hydrogen) atoms. The number of rotatable bonds is 7. The number of hydrogen-bond donors (Lipinski definition) is 2. The summed E-state index contributed by atoms with van der Waals surface area (Å²) in [6, 6.07) is 12.6. The van der Waals surface area contributed by atoms with Crippen LogP contribution in [0.5, 0.6) is 11.5 Å². The van der Waals surface area contributed by atoms with Crippen molar-refractivity contribution in [3.63, 3.8) is 0 Å². The summed E-state index contributed by atoms with van der Waals surface area (Å²) < 4.78 is 10.9. The van der Waals surface area contributed by atoms with E-state index in [1.165, 1.54) is 11.1 Å². The fourth-order valence-electron chi connectivity index (χ4n) is 3.82. The minimum Gasteiger partial charge on any atom is -0.482 e. The number of nitrogens with one attached hydrogen (secondary N) is 2. The predicted molar refractivity (Wildman–Crippen MR) is 109 cm³/mol. The number of ether oxygens (including phenoxy) is 2. The van der Waals surface area contributed by atoms with Crippen molar-refractivity contribution in [2.75, 3.05) is 6.61 Å². The van der Waals surface area contributed by atoms with Gasteiger partial charge in [0.2, 0.25) is 0 Å². The summed E-state index contributed by atoms with van der Waals surface area (Å²) in [5, 5.41) is 4.90. The second kappa shape index (κ2) is 8.18. The number of esters is 1. The lowest BCUT2D eigenvalue weighted by Crippen LogP contribution is -2.43. The predicted octanol–water partition coefficient (Wildman–Crippen LogP) is 2.69. The zero-order valence-electron chi connectivity index (χ0n) is 16.8. The van der Waals surface area contributed by atoms with E-state index in [0.717, 1.165) is 24.8 Å². The van der Waals surface area contributed by atoms with Crippen LogP contribution >= 0.6 is 0 Å². The Morgan fingerprint density at radius 1 is 1.03 bits per heavy atom. The number of hydrogen-bond acceptors (Lipinski definition) is 5. The van der Waals surface area contributed by atoms with Gasteiger partial charge in [0, 0.05) is 0 Å². The summed E-state index contributed by atoms with van der Waals surface area (Å²) in [6.07, 6.45) is 4.39. The van der Waals surface area contributed by atoms with Crippen LogP contribution in [0.4, 0.5) is 4.79 Å². The lowest BCUT2D eigenvalue weighted by Gasteiger charge is -2.20. The quantitative estimate of drug-likeness (QED) is 0.417. The van der Waals surface area contributed by atoms with Crippen LogP contribution < -0.4 is 20.1 Å². The van der Waals surface area contributed by atoms with Gasteiger partial charge in [-0.1, -0.05) is 18.2 Å². The molecule has 0 unspecified atom stereocenters. The Hall–Kier alpha value is -3.35. The molecule has 0 saturated carbocycles. The molecule has 1 aliphatic carbocycles. The Balaban J connectivity index is 1.25. The first-order valence-electron chi connectivity index (χ1n) is 10.1. The molecule has 0 bridgehead atoms. The molecule has 0 radical (unpaired) electrons. The summed E-state index contributed by atoms with van der Waals surface area (Å²) in [5.74, 6) is 0.321. The lowest BCUT2D eigenvalue weighted by molar-refractivity contribution is -0.136. The zero-order chi connectivity index (χ0) is 21.1. The highest BCUT2D eigenvalue weighted by Gasteiger charge is 2.41. The molecule has 2 aromatic carbocycles. The normalized spacial score (nSPS) is 19.8. The van der Waals surface area contributed by atoms with E-state index in [1.807, 2.05) is 24.3 Å². The Morgan fingerprint density at radius 2 is 1.77 bits per heavy atom. The first-order valence-corrected chi connectivity index (χ1v) is 10.1.